The Bertz CT molecular complexity index is 248. The Hall–Kier alpha value is -0.280. The molecule has 0 bridgehead atoms. The zero-order valence-corrected chi connectivity index (χ0v) is 13.6. The van der Waals surface area contributed by atoms with E-state index in [2.05, 4.69) is 24.1 Å². The Kier molecular flexibility index (Phi) is 10.3. The van der Waals surface area contributed by atoms with Crippen LogP contribution in [0, 0.1) is 5.92 Å². The standard InChI is InChI=1S/C15H30N2O.ClH/c1-4-6-8-13(5-2)11-15(18)17-10-7-9-14(12-17)16-3;/h13-14,16H,4-12H2,1-3H3;1H. The molecule has 2 atom stereocenters. The van der Waals surface area contributed by atoms with Crippen molar-refractivity contribution in [2.75, 3.05) is 20.1 Å². The lowest BCUT2D eigenvalue weighted by atomic mass is 9.94. The molecule has 4 heteroatoms. The Morgan fingerprint density at radius 3 is 2.74 bits per heavy atom. The number of nitrogens with zero attached hydrogens (tertiary/aromatic N) is 1. The molecule has 1 aliphatic heterocycles. The van der Waals surface area contributed by atoms with Gasteiger partial charge < -0.3 is 10.2 Å². The highest BCUT2D eigenvalue weighted by atomic mass is 35.5. The lowest BCUT2D eigenvalue weighted by Crippen LogP contribution is -2.47. The molecule has 2 unspecified atom stereocenters. The summed E-state index contributed by atoms with van der Waals surface area (Å²) in [6, 6.07) is 0.499. The number of unbranched alkanes of at least 4 members (excludes halogenated alkanes) is 1. The van der Waals surface area contributed by atoms with E-state index in [0.29, 0.717) is 17.9 Å². The zero-order chi connectivity index (χ0) is 13.4. The molecular formula is C15H31ClN2O. The molecule has 1 rings (SSSR count). The molecule has 1 amide bonds. The molecule has 0 saturated carbocycles. The van der Waals surface area contributed by atoms with Gasteiger partial charge in [-0.25, -0.2) is 0 Å². The molecule has 1 fully saturated rings. The summed E-state index contributed by atoms with van der Waals surface area (Å²) in [5.74, 6) is 0.963. The van der Waals surface area contributed by atoms with Crippen molar-refractivity contribution in [3.8, 4) is 0 Å². The van der Waals surface area contributed by atoms with Crippen LogP contribution in [0.1, 0.15) is 58.8 Å². The minimum Gasteiger partial charge on any atom is -0.341 e. The predicted molar refractivity (Wildman–Crippen MR) is 83.8 cm³/mol. The summed E-state index contributed by atoms with van der Waals surface area (Å²) in [5.41, 5.74) is 0. The first-order chi connectivity index (χ1) is 8.71. The minimum atomic E-state index is 0. The second-order valence-electron chi connectivity index (χ2n) is 5.59. The van der Waals surface area contributed by atoms with Gasteiger partial charge in [-0.2, -0.15) is 0 Å². The van der Waals surface area contributed by atoms with Gasteiger partial charge in [0.2, 0.25) is 5.91 Å². The molecule has 0 radical (unpaired) electrons. The van der Waals surface area contributed by atoms with E-state index in [-0.39, 0.29) is 12.4 Å². The molecule has 1 N–H and O–H groups in total. The average Bonchev–Trinajstić information content (AvgIpc) is 2.43. The fraction of sp³-hybridized carbons (Fsp3) is 0.933. The second-order valence-corrected chi connectivity index (χ2v) is 5.59. The van der Waals surface area contributed by atoms with Gasteiger partial charge in [-0.1, -0.05) is 33.1 Å². The molecule has 0 spiro atoms. The van der Waals surface area contributed by atoms with Gasteiger partial charge in [0, 0.05) is 25.6 Å². The first kappa shape index (κ1) is 18.7. The van der Waals surface area contributed by atoms with Crippen LogP contribution in [0.15, 0.2) is 0 Å². The van der Waals surface area contributed by atoms with E-state index in [4.69, 9.17) is 0 Å². The molecule has 0 aliphatic carbocycles. The summed E-state index contributed by atoms with van der Waals surface area (Å²) in [6.07, 6.45) is 7.93. The van der Waals surface area contributed by atoms with E-state index in [1.807, 2.05) is 7.05 Å². The number of likely N-dealkylation sites (tertiary alicyclic amines) is 1. The van der Waals surface area contributed by atoms with Crippen LogP contribution in [0.3, 0.4) is 0 Å². The quantitative estimate of drug-likeness (QED) is 0.781. The molecule has 19 heavy (non-hydrogen) atoms. The number of rotatable bonds is 7. The van der Waals surface area contributed by atoms with E-state index in [1.165, 1.54) is 25.7 Å². The molecule has 0 aromatic heterocycles. The largest absolute Gasteiger partial charge is 0.341 e. The number of nitrogens with one attached hydrogen (secondary N) is 1. The molecule has 1 heterocycles. The first-order valence-corrected chi connectivity index (χ1v) is 7.66. The number of carbonyl (C=O) groups is 1. The Balaban J connectivity index is 0.00000324. The molecule has 1 saturated heterocycles. The average molecular weight is 291 g/mol. The third-order valence-corrected chi connectivity index (χ3v) is 4.19. The van der Waals surface area contributed by atoms with Crippen molar-refractivity contribution in [2.45, 2.75) is 64.8 Å². The van der Waals surface area contributed by atoms with E-state index >= 15 is 0 Å². The maximum Gasteiger partial charge on any atom is 0.222 e. The van der Waals surface area contributed by atoms with E-state index < -0.39 is 0 Å². The monoisotopic (exact) mass is 290 g/mol. The van der Waals surface area contributed by atoms with Crippen molar-refractivity contribution in [3.63, 3.8) is 0 Å². The molecule has 0 aromatic rings. The number of amides is 1. The maximum absolute atomic E-state index is 12.3. The highest BCUT2D eigenvalue weighted by Crippen LogP contribution is 2.19. The van der Waals surface area contributed by atoms with Gasteiger partial charge in [0.25, 0.3) is 0 Å². The normalized spacial score (nSPS) is 20.8. The SMILES string of the molecule is CCCCC(CC)CC(=O)N1CCCC(NC)C1.Cl. The lowest BCUT2D eigenvalue weighted by molar-refractivity contribution is -0.133. The van der Waals surface area contributed by atoms with E-state index in [9.17, 15) is 4.79 Å². The topological polar surface area (TPSA) is 32.3 Å². The third kappa shape index (κ3) is 6.62. The van der Waals surface area contributed by atoms with Crippen molar-refractivity contribution in [3.05, 3.63) is 0 Å². The van der Waals surface area contributed by atoms with Gasteiger partial charge in [-0.05, 0) is 32.2 Å². The van der Waals surface area contributed by atoms with Gasteiger partial charge in [0.15, 0.2) is 0 Å². The predicted octanol–water partition coefficient (Wildman–Crippen LogP) is 3.23. The first-order valence-electron chi connectivity index (χ1n) is 7.66. The summed E-state index contributed by atoms with van der Waals surface area (Å²) in [6.45, 7) is 6.29. The Morgan fingerprint density at radius 2 is 2.16 bits per heavy atom. The van der Waals surface area contributed by atoms with Crippen LogP contribution in [-0.2, 0) is 4.79 Å². The highest BCUT2D eigenvalue weighted by molar-refractivity contribution is 5.85. The van der Waals surface area contributed by atoms with Gasteiger partial charge in [-0.15, -0.1) is 12.4 Å². The summed E-state index contributed by atoms with van der Waals surface area (Å²) >= 11 is 0. The van der Waals surface area contributed by atoms with Crippen LogP contribution >= 0.6 is 12.4 Å². The Labute approximate surface area is 124 Å². The van der Waals surface area contributed by atoms with Gasteiger partial charge in [-0.3, -0.25) is 4.79 Å². The number of carbonyl (C=O) groups excluding carboxylic acids is 1. The number of halogens is 1. The Morgan fingerprint density at radius 1 is 1.42 bits per heavy atom. The summed E-state index contributed by atoms with van der Waals surface area (Å²) in [4.78, 5) is 14.4. The van der Waals surface area contributed by atoms with Crippen LogP contribution in [0.4, 0.5) is 0 Å². The summed E-state index contributed by atoms with van der Waals surface area (Å²) < 4.78 is 0. The van der Waals surface area contributed by atoms with Gasteiger partial charge >= 0.3 is 0 Å². The van der Waals surface area contributed by atoms with Crippen LogP contribution in [0.25, 0.3) is 0 Å². The van der Waals surface area contributed by atoms with Crippen LogP contribution in [-0.4, -0.2) is 37.0 Å². The molecule has 1 aliphatic rings. The summed E-state index contributed by atoms with van der Waals surface area (Å²) in [7, 11) is 1.99. The molecular weight excluding hydrogens is 260 g/mol. The number of piperidine rings is 1. The fourth-order valence-electron chi connectivity index (χ4n) is 2.76. The number of hydrogen-bond donors (Lipinski definition) is 1. The zero-order valence-electron chi connectivity index (χ0n) is 12.8. The van der Waals surface area contributed by atoms with Gasteiger partial charge in [0.05, 0.1) is 0 Å². The van der Waals surface area contributed by atoms with Crippen LogP contribution in [0.2, 0.25) is 0 Å². The molecule has 0 aromatic carbocycles. The van der Waals surface area contributed by atoms with E-state index in [1.54, 1.807) is 0 Å². The fourth-order valence-corrected chi connectivity index (χ4v) is 2.76. The van der Waals surface area contributed by atoms with Crippen molar-refractivity contribution in [1.82, 2.24) is 10.2 Å². The number of hydrogen-bond acceptors (Lipinski definition) is 2. The van der Waals surface area contributed by atoms with Crippen molar-refractivity contribution < 1.29 is 4.79 Å². The number of likely N-dealkylation sites (N-methyl/N-ethyl adjacent to an activating group) is 1. The van der Waals surface area contributed by atoms with Crippen molar-refractivity contribution >= 4 is 18.3 Å². The van der Waals surface area contributed by atoms with Crippen molar-refractivity contribution in [1.29, 1.82) is 0 Å². The maximum atomic E-state index is 12.3. The minimum absolute atomic E-state index is 0. The van der Waals surface area contributed by atoms with Crippen LogP contribution in [0.5, 0.6) is 0 Å². The summed E-state index contributed by atoms with van der Waals surface area (Å²) in [5, 5.41) is 3.30. The smallest absolute Gasteiger partial charge is 0.222 e. The third-order valence-electron chi connectivity index (χ3n) is 4.19. The molecule has 3 nitrogen and oxygen atoms in total. The highest BCUT2D eigenvalue weighted by Gasteiger charge is 2.23. The van der Waals surface area contributed by atoms with E-state index in [0.717, 1.165) is 32.4 Å². The van der Waals surface area contributed by atoms with Crippen molar-refractivity contribution in [2.24, 2.45) is 5.92 Å². The lowest BCUT2D eigenvalue weighted by Gasteiger charge is -2.33. The van der Waals surface area contributed by atoms with Gasteiger partial charge in [0.1, 0.15) is 0 Å². The second kappa shape index (κ2) is 10.5. The molecule has 114 valence electrons. The van der Waals surface area contributed by atoms with Crippen LogP contribution < -0.4 is 5.32 Å².